The fraction of sp³-hybridized carbons (Fsp3) is 0.250. The van der Waals surface area contributed by atoms with Gasteiger partial charge < -0.3 is 0 Å². The van der Waals surface area contributed by atoms with Crippen molar-refractivity contribution in [2.24, 2.45) is 0 Å². The first-order valence-corrected chi connectivity index (χ1v) is 4.84. The quantitative estimate of drug-likeness (QED) is 0.493. The summed E-state index contributed by atoms with van der Waals surface area (Å²) in [6.07, 6.45) is 1.99. The molecule has 1 aromatic carbocycles. The SMILES string of the molecule is CSNCc1ccc(NO)cc1. The topological polar surface area (TPSA) is 44.3 Å². The van der Waals surface area contributed by atoms with E-state index in [1.54, 1.807) is 11.9 Å². The summed E-state index contributed by atoms with van der Waals surface area (Å²) < 4.78 is 3.14. The molecule has 12 heavy (non-hydrogen) atoms. The molecule has 0 spiro atoms. The van der Waals surface area contributed by atoms with Gasteiger partial charge in [-0.3, -0.25) is 15.4 Å². The zero-order valence-electron chi connectivity index (χ0n) is 6.87. The van der Waals surface area contributed by atoms with E-state index in [9.17, 15) is 0 Å². The fourth-order valence-electron chi connectivity index (χ4n) is 0.853. The monoisotopic (exact) mass is 184 g/mol. The Balaban J connectivity index is 2.53. The van der Waals surface area contributed by atoms with E-state index in [0.29, 0.717) is 5.69 Å². The normalized spacial score (nSPS) is 9.83. The van der Waals surface area contributed by atoms with E-state index in [4.69, 9.17) is 5.21 Å². The van der Waals surface area contributed by atoms with Gasteiger partial charge in [0.15, 0.2) is 0 Å². The van der Waals surface area contributed by atoms with Gasteiger partial charge in [0.2, 0.25) is 0 Å². The van der Waals surface area contributed by atoms with Crippen LogP contribution in [0.3, 0.4) is 0 Å². The summed E-state index contributed by atoms with van der Waals surface area (Å²) >= 11 is 1.59. The van der Waals surface area contributed by atoms with Gasteiger partial charge in [-0.2, -0.15) is 0 Å². The van der Waals surface area contributed by atoms with Crippen molar-refractivity contribution in [3.63, 3.8) is 0 Å². The van der Waals surface area contributed by atoms with Crippen molar-refractivity contribution >= 4 is 17.6 Å². The van der Waals surface area contributed by atoms with Crippen LogP contribution in [0.25, 0.3) is 0 Å². The van der Waals surface area contributed by atoms with Crippen molar-refractivity contribution < 1.29 is 5.21 Å². The van der Waals surface area contributed by atoms with Gasteiger partial charge in [-0.05, 0) is 24.0 Å². The molecule has 1 rings (SSSR count). The highest BCUT2D eigenvalue weighted by Gasteiger charge is 1.91. The number of benzene rings is 1. The highest BCUT2D eigenvalue weighted by Crippen LogP contribution is 2.08. The van der Waals surface area contributed by atoms with E-state index >= 15 is 0 Å². The molecule has 3 nitrogen and oxygen atoms in total. The Hall–Kier alpha value is -0.710. The second-order valence-electron chi connectivity index (χ2n) is 2.33. The number of anilines is 1. The first-order valence-electron chi connectivity index (χ1n) is 3.61. The van der Waals surface area contributed by atoms with Crippen molar-refractivity contribution in [2.45, 2.75) is 6.54 Å². The summed E-state index contributed by atoms with van der Waals surface area (Å²) in [5.41, 5.74) is 3.99. The third kappa shape index (κ3) is 2.73. The molecule has 1 aromatic rings. The molecule has 0 aliphatic heterocycles. The molecule has 0 amide bonds. The maximum absolute atomic E-state index is 8.53. The van der Waals surface area contributed by atoms with Crippen molar-refractivity contribution in [2.75, 3.05) is 11.7 Å². The van der Waals surface area contributed by atoms with Gasteiger partial charge >= 0.3 is 0 Å². The van der Waals surface area contributed by atoms with Crippen LogP contribution in [0.4, 0.5) is 5.69 Å². The Kier molecular flexibility index (Phi) is 3.93. The molecule has 4 heteroatoms. The van der Waals surface area contributed by atoms with E-state index < -0.39 is 0 Å². The van der Waals surface area contributed by atoms with Crippen LogP contribution in [0.1, 0.15) is 5.56 Å². The third-order valence-corrected chi connectivity index (χ3v) is 1.94. The Morgan fingerprint density at radius 1 is 1.33 bits per heavy atom. The fourth-order valence-corrected chi connectivity index (χ4v) is 1.16. The molecule has 0 bridgehead atoms. The molecule has 0 saturated carbocycles. The minimum absolute atomic E-state index is 0.711. The average molecular weight is 184 g/mol. The molecule has 0 atom stereocenters. The maximum Gasteiger partial charge on any atom is 0.0602 e. The zero-order valence-corrected chi connectivity index (χ0v) is 7.69. The largest absolute Gasteiger partial charge is 0.291 e. The second kappa shape index (κ2) is 5.03. The molecule has 0 aliphatic carbocycles. The minimum Gasteiger partial charge on any atom is -0.291 e. The predicted molar refractivity (Wildman–Crippen MR) is 52.2 cm³/mol. The molecule has 0 aliphatic rings. The highest BCUT2D eigenvalue weighted by atomic mass is 32.2. The lowest BCUT2D eigenvalue weighted by molar-refractivity contribution is 0.389. The Morgan fingerprint density at radius 2 is 2.00 bits per heavy atom. The molecule has 3 N–H and O–H groups in total. The molecule has 0 saturated heterocycles. The van der Waals surface area contributed by atoms with E-state index in [0.717, 1.165) is 6.54 Å². The summed E-state index contributed by atoms with van der Waals surface area (Å²) in [6, 6.07) is 7.58. The summed E-state index contributed by atoms with van der Waals surface area (Å²) in [4.78, 5) is 0. The van der Waals surface area contributed by atoms with Crippen LogP contribution in [-0.2, 0) is 6.54 Å². The van der Waals surface area contributed by atoms with Crippen molar-refractivity contribution in [1.82, 2.24) is 4.72 Å². The number of nitrogens with one attached hydrogen (secondary N) is 2. The average Bonchev–Trinajstić information content (AvgIpc) is 2.15. The van der Waals surface area contributed by atoms with E-state index in [-0.39, 0.29) is 0 Å². The standard InChI is InChI=1S/C8H12N2OS/c1-12-9-6-7-2-4-8(10-11)5-3-7/h2-5,9-11H,6H2,1H3. The Bertz CT molecular complexity index is 225. The first kappa shape index (κ1) is 9.38. The minimum atomic E-state index is 0.711. The number of hydrogen-bond donors (Lipinski definition) is 3. The van der Waals surface area contributed by atoms with Gasteiger partial charge in [0.05, 0.1) is 5.69 Å². The van der Waals surface area contributed by atoms with Crippen molar-refractivity contribution in [1.29, 1.82) is 0 Å². The van der Waals surface area contributed by atoms with Crippen LogP contribution < -0.4 is 10.2 Å². The predicted octanol–water partition coefficient (Wildman–Crippen LogP) is 1.86. The van der Waals surface area contributed by atoms with Crippen LogP contribution in [0.15, 0.2) is 24.3 Å². The maximum atomic E-state index is 8.53. The van der Waals surface area contributed by atoms with Crippen LogP contribution >= 0.6 is 11.9 Å². The molecule has 66 valence electrons. The summed E-state index contributed by atoms with van der Waals surface area (Å²) in [5.74, 6) is 0. The van der Waals surface area contributed by atoms with Gasteiger partial charge in [0, 0.05) is 6.54 Å². The summed E-state index contributed by atoms with van der Waals surface area (Å²) in [5, 5.41) is 8.53. The highest BCUT2D eigenvalue weighted by molar-refractivity contribution is 7.96. The van der Waals surface area contributed by atoms with Gasteiger partial charge in [-0.1, -0.05) is 24.1 Å². The zero-order chi connectivity index (χ0) is 8.81. The summed E-state index contributed by atoms with van der Waals surface area (Å²) in [7, 11) is 0. The van der Waals surface area contributed by atoms with Crippen molar-refractivity contribution in [3.05, 3.63) is 29.8 Å². The van der Waals surface area contributed by atoms with Gasteiger partial charge in [-0.25, -0.2) is 0 Å². The van der Waals surface area contributed by atoms with E-state index in [1.165, 1.54) is 5.56 Å². The van der Waals surface area contributed by atoms with Crippen LogP contribution in [0.2, 0.25) is 0 Å². The lowest BCUT2D eigenvalue weighted by Gasteiger charge is -2.02. The number of hydrogen-bond acceptors (Lipinski definition) is 4. The van der Waals surface area contributed by atoms with E-state index in [1.807, 2.05) is 30.5 Å². The van der Waals surface area contributed by atoms with Gasteiger partial charge in [0.25, 0.3) is 0 Å². The summed E-state index contributed by atoms with van der Waals surface area (Å²) in [6.45, 7) is 0.840. The van der Waals surface area contributed by atoms with Gasteiger partial charge in [-0.15, -0.1) is 0 Å². The molecule has 0 fully saturated rings. The van der Waals surface area contributed by atoms with Crippen molar-refractivity contribution in [3.8, 4) is 0 Å². The lowest BCUT2D eigenvalue weighted by atomic mass is 10.2. The molecule has 0 radical (unpaired) electrons. The van der Waals surface area contributed by atoms with Crippen LogP contribution in [-0.4, -0.2) is 11.5 Å². The Labute approximate surface area is 76.3 Å². The third-order valence-electron chi connectivity index (χ3n) is 1.50. The Morgan fingerprint density at radius 3 is 2.50 bits per heavy atom. The van der Waals surface area contributed by atoms with Crippen LogP contribution in [0.5, 0.6) is 0 Å². The van der Waals surface area contributed by atoms with Crippen LogP contribution in [0, 0.1) is 0 Å². The molecule has 0 unspecified atom stereocenters. The smallest absolute Gasteiger partial charge is 0.0602 e. The molecule has 0 aromatic heterocycles. The second-order valence-corrected chi connectivity index (χ2v) is 3.03. The molecule has 0 heterocycles. The van der Waals surface area contributed by atoms with E-state index in [2.05, 4.69) is 10.2 Å². The van der Waals surface area contributed by atoms with Gasteiger partial charge in [0.1, 0.15) is 0 Å². The first-order chi connectivity index (χ1) is 5.86. The lowest BCUT2D eigenvalue weighted by Crippen LogP contribution is -2.01. The molecular formula is C8H12N2OS. The molecular weight excluding hydrogens is 172 g/mol. The number of rotatable bonds is 4.